The normalized spacial score (nSPS) is 19.0. The van der Waals surface area contributed by atoms with Gasteiger partial charge in [-0.05, 0) is 47.0 Å². The molecule has 6 heteroatoms. The molecule has 0 amide bonds. The van der Waals surface area contributed by atoms with Crippen molar-refractivity contribution in [3.63, 3.8) is 0 Å². The number of fused-ring (bicyclic) bond motifs is 2. The number of aldehydes is 1. The molecule has 29 heavy (non-hydrogen) atoms. The Kier molecular flexibility index (Phi) is 4.66. The number of rotatable bonds is 5. The van der Waals surface area contributed by atoms with Crippen molar-refractivity contribution in [2.24, 2.45) is 0 Å². The van der Waals surface area contributed by atoms with Gasteiger partial charge < -0.3 is 4.42 Å². The van der Waals surface area contributed by atoms with E-state index in [0.29, 0.717) is 24.5 Å². The number of nitrogens with one attached hydrogen (secondary N) is 1. The van der Waals surface area contributed by atoms with Crippen LogP contribution in [0.2, 0.25) is 0 Å². The van der Waals surface area contributed by atoms with Crippen LogP contribution in [0.15, 0.2) is 65.1 Å². The lowest BCUT2D eigenvalue weighted by atomic mass is 10.0. The van der Waals surface area contributed by atoms with E-state index >= 15 is 0 Å². The third-order valence-corrected chi connectivity index (χ3v) is 6.48. The van der Waals surface area contributed by atoms with Gasteiger partial charge in [0.15, 0.2) is 11.9 Å². The zero-order valence-electron chi connectivity index (χ0n) is 15.5. The Morgan fingerprint density at radius 1 is 1.14 bits per heavy atom. The van der Waals surface area contributed by atoms with Gasteiger partial charge in [0, 0.05) is 16.7 Å². The zero-order valence-corrected chi connectivity index (χ0v) is 16.3. The molecular formula is C23H18N2O3S. The minimum absolute atomic E-state index is 0.0389. The van der Waals surface area contributed by atoms with Crippen molar-refractivity contribution in [3.8, 4) is 11.5 Å². The molecule has 1 aliphatic rings. The fourth-order valence-electron chi connectivity index (χ4n) is 3.78. The first-order valence-corrected chi connectivity index (χ1v) is 10.5. The molecule has 144 valence electrons. The van der Waals surface area contributed by atoms with Crippen LogP contribution in [-0.2, 0) is 16.0 Å². The van der Waals surface area contributed by atoms with E-state index in [1.807, 2.05) is 36.4 Å². The summed E-state index contributed by atoms with van der Waals surface area (Å²) in [5, 5.41) is 5.46. The molecule has 2 atom stereocenters. The van der Waals surface area contributed by atoms with Crippen molar-refractivity contribution in [3.05, 3.63) is 66.2 Å². The van der Waals surface area contributed by atoms with Crippen molar-refractivity contribution < 1.29 is 14.0 Å². The van der Waals surface area contributed by atoms with Gasteiger partial charge in [-0.25, -0.2) is 4.98 Å². The van der Waals surface area contributed by atoms with Gasteiger partial charge in [0.05, 0.1) is 6.04 Å². The average Bonchev–Trinajstić information content (AvgIpc) is 3.39. The third-order valence-electron chi connectivity index (χ3n) is 5.28. The highest BCUT2D eigenvalue weighted by Crippen LogP contribution is 2.30. The number of aromatic nitrogens is 1. The van der Waals surface area contributed by atoms with Crippen molar-refractivity contribution >= 4 is 45.7 Å². The van der Waals surface area contributed by atoms with Crippen LogP contribution in [0.4, 0.5) is 0 Å². The number of ketones is 1. The molecule has 1 aromatic heterocycles. The molecule has 0 radical (unpaired) electrons. The van der Waals surface area contributed by atoms with Gasteiger partial charge in [0.2, 0.25) is 11.7 Å². The summed E-state index contributed by atoms with van der Waals surface area (Å²) in [5.41, 5.74) is 3.53. The molecule has 1 aliphatic heterocycles. The van der Waals surface area contributed by atoms with Crippen LogP contribution >= 0.6 is 11.8 Å². The van der Waals surface area contributed by atoms with Crippen LogP contribution < -0.4 is 5.32 Å². The SMILES string of the molecule is O=CC(=O)C1NCSC1Cc1ccc2oc(-c3ccc4ccccc4c3)nc2c1. The van der Waals surface area contributed by atoms with Crippen molar-refractivity contribution in [1.29, 1.82) is 0 Å². The number of thioether (sulfide) groups is 1. The number of nitrogens with zero attached hydrogens (tertiary/aromatic N) is 1. The van der Waals surface area contributed by atoms with E-state index in [9.17, 15) is 9.59 Å². The van der Waals surface area contributed by atoms with Crippen molar-refractivity contribution in [2.75, 3.05) is 5.88 Å². The number of Topliss-reactive ketones (excluding diaryl/α,β-unsaturated/α-hetero) is 1. The molecule has 5 nitrogen and oxygen atoms in total. The summed E-state index contributed by atoms with van der Waals surface area (Å²) >= 11 is 1.66. The first-order valence-electron chi connectivity index (χ1n) is 9.44. The second kappa shape index (κ2) is 7.46. The quantitative estimate of drug-likeness (QED) is 0.402. The first-order chi connectivity index (χ1) is 14.2. The summed E-state index contributed by atoms with van der Waals surface area (Å²) in [4.78, 5) is 27.4. The molecule has 2 unspecified atom stereocenters. The van der Waals surface area contributed by atoms with E-state index in [1.165, 1.54) is 5.39 Å². The number of oxazole rings is 1. The fraction of sp³-hybridized carbons (Fsp3) is 0.174. The van der Waals surface area contributed by atoms with Gasteiger partial charge in [-0.15, -0.1) is 11.8 Å². The molecular weight excluding hydrogens is 384 g/mol. The summed E-state index contributed by atoms with van der Waals surface area (Å²) in [6, 6.07) is 19.9. The second-order valence-corrected chi connectivity index (χ2v) is 8.37. The van der Waals surface area contributed by atoms with E-state index in [0.717, 1.165) is 27.6 Å². The van der Waals surface area contributed by atoms with Crippen LogP contribution in [0.5, 0.6) is 0 Å². The summed E-state index contributed by atoms with van der Waals surface area (Å²) in [7, 11) is 0. The summed E-state index contributed by atoms with van der Waals surface area (Å²) < 4.78 is 5.98. The Balaban J connectivity index is 1.44. The first kappa shape index (κ1) is 18.1. The number of hydrogen-bond acceptors (Lipinski definition) is 6. The molecule has 0 saturated carbocycles. The molecule has 4 aromatic rings. The van der Waals surface area contributed by atoms with Gasteiger partial charge >= 0.3 is 0 Å². The summed E-state index contributed by atoms with van der Waals surface area (Å²) in [5.74, 6) is 0.877. The topological polar surface area (TPSA) is 72.2 Å². The largest absolute Gasteiger partial charge is 0.436 e. The van der Waals surface area contributed by atoms with Gasteiger partial charge in [0.1, 0.15) is 5.52 Å². The van der Waals surface area contributed by atoms with Crippen LogP contribution in [0, 0.1) is 0 Å². The smallest absolute Gasteiger partial charge is 0.227 e. The lowest BCUT2D eigenvalue weighted by Gasteiger charge is -2.14. The lowest BCUT2D eigenvalue weighted by molar-refractivity contribution is -0.131. The van der Waals surface area contributed by atoms with Crippen molar-refractivity contribution in [2.45, 2.75) is 17.7 Å². The molecule has 0 spiro atoms. The highest BCUT2D eigenvalue weighted by molar-refractivity contribution is 8.00. The monoisotopic (exact) mass is 402 g/mol. The second-order valence-electron chi connectivity index (χ2n) is 7.14. The van der Waals surface area contributed by atoms with E-state index < -0.39 is 6.04 Å². The number of hydrogen-bond donors (Lipinski definition) is 1. The average molecular weight is 402 g/mol. The molecule has 2 heterocycles. The predicted molar refractivity (Wildman–Crippen MR) is 115 cm³/mol. The molecule has 0 aliphatic carbocycles. The van der Waals surface area contributed by atoms with Gasteiger partial charge in [-0.2, -0.15) is 0 Å². The highest BCUT2D eigenvalue weighted by Gasteiger charge is 2.32. The Hall–Kier alpha value is -2.96. The Morgan fingerprint density at radius 3 is 2.86 bits per heavy atom. The van der Waals surface area contributed by atoms with E-state index in [2.05, 4.69) is 34.6 Å². The molecule has 0 bridgehead atoms. The van der Waals surface area contributed by atoms with Crippen LogP contribution in [0.3, 0.4) is 0 Å². The minimum atomic E-state index is -0.418. The zero-order chi connectivity index (χ0) is 19.8. The van der Waals surface area contributed by atoms with E-state index in [-0.39, 0.29) is 11.0 Å². The van der Waals surface area contributed by atoms with Crippen LogP contribution in [0.25, 0.3) is 33.3 Å². The van der Waals surface area contributed by atoms with E-state index in [1.54, 1.807) is 11.8 Å². The third kappa shape index (κ3) is 3.45. The maximum atomic E-state index is 11.8. The molecule has 1 N–H and O–H groups in total. The van der Waals surface area contributed by atoms with E-state index in [4.69, 9.17) is 4.42 Å². The minimum Gasteiger partial charge on any atom is -0.436 e. The Bertz CT molecular complexity index is 1230. The van der Waals surface area contributed by atoms with Gasteiger partial charge in [-0.1, -0.05) is 36.4 Å². The highest BCUT2D eigenvalue weighted by atomic mass is 32.2. The number of carbonyl (C=O) groups is 2. The summed E-state index contributed by atoms with van der Waals surface area (Å²) in [6.45, 7) is 0. The van der Waals surface area contributed by atoms with Crippen molar-refractivity contribution in [1.82, 2.24) is 10.3 Å². The predicted octanol–water partition coefficient (Wildman–Crippen LogP) is 3.99. The number of benzene rings is 3. The number of carbonyl (C=O) groups excluding carboxylic acids is 2. The van der Waals surface area contributed by atoms with Crippen LogP contribution in [-0.4, -0.2) is 34.2 Å². The van der Waals surface area contributed by atoms with Crippen LogP contribution in [0.1, 0.15) is 5.56 Å². The Labute approximate surface area is 171 Å². The summed E-state index contributed by atoms with van der Waals surface area (Å²) in [6.07, 6.45) is 1.10. The maximum Gasteiger partial charge on any atom is 0.227 e. The standard InChI is InChI=1S/C23H18N2O3S/c26-12-19(27)22-21(29-13-24-22)10-14-5-8-20-18(9-14)25-23(28-20)17-7-6-15-3-1-2-4-16(15)11-17/h1-9,11-12,21-22,24H,10,13H2. The van der Waals surface area contributed by atoms with Gasteiger partial charge in [0.25, 0.3) is 0 Å². The lowest BCUT2D eigenvalue weighted by Crippen LogP contribution is -2.39. The Morgan fingerprint density at radius 2 is 2.00 bits per heavy atom. The molecule has 5 rings (SSSR count). The molecule has 1 saturated heterocycles. The molecule has 1 fully saturated rings. The maximum absolute atomic E-state index is 11.8. The molecule has 3 aromatic carbocycles. The van der Waals surface area contributed by atoms with Gasteiger partial charge in [-0.3, -0.25) is 14.9 Å². The fourth-order valence-corrected chi connectivity index (χ4v) is 5.01.